The van der Waals surface area contributed by atoms with Crippen LogP contribution in [0.15, 0.2) is 23.1 Å². The third-order valence-corrected chi connectivity index (χ3v) is 6.94. The molecule has 2 heterocycles. The zero-order valence-corrected chi connectivity index (χ0v) is 11.7. The Balaban J connectivity index is 1.97. The summed E-state index contributed by atoms with van der Waals surface area (Å²) in [6, 6.07) is 3.63. The van der Waals surface area contributed by atoms with E-state index in [-0.39, 0.29) is 16.0 Å². The molecule has 0 saturated carbocycles. The lowest BCUT2D eigenvalue weighted by Gasteiger charge is -2.25. The molecule has 18 heavy (non-hydrogen) atoms. The number of thioether (sulfide) groups is 1. The summed E-state index contributed by atoms with van der Waals surface area (Å²) < 4.78 is 39.4. The number of halogens is 2. The first-order chi connectivity index (χ1) is 8.48. The summed E-state index contributed by atoms with van der Waals surface area (Å²) in [7, 11) is -3.54. The molecular formula is C11H11ClFNO2S2. The van der Waals surface area contributed by atoms with Crippen LogP contribution >= 0.6 is 23.4 Å². The molecule has 0 N–H and O–H groups in total. The molecule has 0 spiro atoms. The molecule has 2 atom stereocenters. The lowest BCUT2D eigenvalue weighted by Crippen LogP contribution is -2.39. The van der Waals surface area contributed by atoms with Crippen molar-refractivity contribution < 1.29 is 12.8 Å². The van der Waals surface area contributed by atoms with Crippen LogP contribution in [-0.2, 0) is 10.0 Å². The van der Waals surface area contributed by atoms with Crippen molar-refractivity contribution in [3.8, 4) is 0 Å². The Labute approximate surface area is 114 Å². The van der Waals surface area contributed by atoms with Gasteiger partial charge in [0.2, 0.25) is 10.0 Å². The average Bonchev–Trinajstić information content (AvgIpc) is 2.94. The van der Waals surface area contributed by atoms with Crippen molar-refractivity contribution in [1.29, 1.82) is 0 Å². The van der Waals surface area contributed by atoms with Gasteiger partial charge in [-0.1, -0.05) is 11.6 Å². The minimum Gasteiger partial charge on any atom is -0.207 e. The summed E-state index contributed by atoms with van der Waals surface area (Å²) in [4.78, 5) is 0.0754. The van der Waals surface area contributed by atoms with Crippen molar-refractivity contribution >= 4 is 33.4 Å². The SMILES string of the molecule is O=S(=O)(c1ccc(F)c(Cl)c1)N1CC2CC1CS2. The Hall–Kier alpha value is -0.300. The number of nitrogens with zero attached hydrogens (tertiary/aromatic N) is 1. The molecule has 3 rings (SSSR count). The summed E-state index contributed by atoms with van der Waals surface area (Å²) in [6.07, 6.45) is 0.915. The van der Waals surface area contributed by atoms with Gasteiger partial charge in [0.15, 0.2) is 0 Å². The molecule has 2 fully saturated rings. The summed E-state index contributed by atoms with van der Waals surface area (Å²) in [5.41, 5.74) is 0. The van der Waals surface area contributed by atoms with Crippen LogP contribution in [0.1, 0.15) is 6.42 Å². The maximum atomic E-state index is 13.1. The molecule has 2 saturated heterocycles. The number of fused-ring (bicyclic) bond motifs is 2. The van der Waals surface area contributed by atoms with Crippen molar-refractivity contribution in [2.45, 2.75) is 22.6 Å². The van der Waals surface area contributed by atoms with Gasteiger partial charge < -0.3 is 0 Å². The standard InChI is InChI=1S/C11H11ClFNO2S2/c12-10-4-9(1-2-11(10)13)18(15,16)14-5-8-3-7(14)6-17-8/h1-2,4,7-8H,3,5-6H2. The second kappa shape index (κ2) is 4.37. The van der Waals surface area contributed by atoms with Crippen LogP contribution in [0.25, 0.3) is 0 Å². The number of sulfonamides is 1. The highest BCUT2D eigenvalue weighted by Crippen LogP contribution is 2.40. The quantitative estimate of drug-likeness (QED) is 0.842. The lowest BCUT2D eigenvalue weighted by molar-refractivity contribution is 0.410. The van der Waals surface area contributed by atoms with Crippen LogP contribution < -0.4 is 0 Å². The van der Waals surface area contributed by atoms with Gasteiger partial charge in [-0.15, -0.1) is 0 Å². The first-order valence-corrected chi connectivity index (χ1v) is 8.43. The predicted octanol–water partition coefficient (Wildman–Crippen LogP) is 2.36. The monoisotopic (exact) mass is 307 g/mol. The van der Waals surface area contributed by atoms with Gasteiger partial charge >= 0.3 is 0 Å². The van der Waals surface area contributed by atoms with Gasteiger partial charge in [0.1, 0.15) is 5.82 Å². The van der Waals surface area contributed by atoms with Gasteiger partial charge in [0.25, 0.3) is 0 Å². The fourth-order valence-corrected chi connectivity index (χ4v) is 6.01. The Bertz CT molecular complexity index is 593. The van der Waals surface area contributed by atoms with E-state index in [0.29, 0.717) is 11.8 Å². The zero-order valence-electron chi connectivity index (χ0n) is 9.34. The molecule has 2 aliphatic rings. The molecule has 0 radical (unpaired) electrons. The Morgan fingerprint density at radius 2 is 2.22 bits per heavy atom. The van der Waals surface area contributed by atoms with Crippen molar-refractivity contribution in [2.75, 3.05) is 12.3 Å². The van der Waals surface area contributed by atoms with Crippen LogP contribution in [0.5, 0.6) is 0 Å². The second-order valence-corrected chi connectivity index (χ2v) is 8.13. The van der Waals surface area contributed by atoms with Gasteiger partial charge in [-0.25, -0.2) is 12.8 Å². The van der Waals surface area contributed by atoms with Crippen LogP contribution in [-0.4, -0.2) is 36.3 Å². The third-order valence-electron chi connectivity index (χ3n) is 3.35. The Kier molecular flexibility index (Phi) is 3.09. The predicted molar refractivity (Wildman–Crippen MR) is 70.0 cm³/mol. The summed E-state index contributed by atoms with van der Waals surface area (Å²) in [5.74, 6) is 0.243. The fraction of sp³-hybridized carbons (Fsp3) is 0.455. The Morgan fingerprint density at radius 1 is 1.44 bits per heavy atom. The van der Waals surface area contributed by atoms with Crippen molar-refractivity contribution in [3.05, 3.63) is 29.0 Å². The highest BCUT2D eigenvalue weighted by molar-refractivity contribution is 8.00. The number of hydrogen-bond donors (Lipinski definition) is 0. The topological polar surface area (TPSA) is 37.4 Å². The normalized spacial score (nSPS) is 27.9. The lowest BCUT2D eigenvalue weighted by atomic mass is 10.3. The van der Waals surface area contributed by atoms with Gasteiger partial charge in [-0.3, -0.25) is 0 Å². The van der Waals surface area contributed by atoms with Crippen molar-refractivity contribution in [2.24, 2.45) is 0 Å². The molecular weight excluding hydrogens is 297 g/mol. The first kappa shape index (κ1) is 12.7. The van der Waals surface area contributed by atoms with E-state index in [0.717, 1.165) is 18.2 Å². The van der Waals surface area contributed by atoms with Crippen LogP contribution in [0, 0.1) is 5.82 Å². The van der Waals surface area contributed by atoms with Crippen molar-refractivity contribution in [1.82, 2.24) is 4.31 Å². The fourth-order valence-electron chi connectivity index (χ4n) is 2.43. The molecule has 2 aliphatic heterocycles. The number of benzene rings is 1. The maximum absolute atomic E-state index is 13.1. The largest absolute Gasteiger partial charge is 0.243 e. The van der Waals surface area contributed by atoms with E-state index in [9.17, 15) is 12.8 Å². The van der Waals surface area contributed by atoms with Crippen LogP contribution in [0.2, 0.25) is 5.02 Å². The van der Waals surface area contributed by atoms with Gasteiger partial charge in [-0.05, 0) is 24.6 Å². The van der Waals surface area contributed by atoms with E-state index in [1.165, 1.54) is 16.4 Å². The Morgan fingerprint density at radius 3 is 2.78 bits per heavy atom. The molecule has 2 unspecified atom stereocenters. The van der Waals surface area contributed by atoms with E-state index < -0.39 is 15.8 Å². The smallest absolute Gasteiger partial charge is 0.207 e. The van der Waals surface area contributed by atoms with Gasteiger partial charge in [-0.2, -0.15) is 16.1 Å². The summed E-state index contributed by atoms with van der Waals surface area (Å²) in [5, 5.41) is 0.246. The van der Waals surface area contributed by atoms with Crippen LogP contribution in [0.3, 0.4) is 0 Å². The molecule has 2 bridgehead atoms. The van der Waals surface area contributed by atoms with E-state index in [2.05, 4.69) is 0 Å². The molecule has 0 amide bonds. The number of hydrogen-bond acceptors (Lipinski definition) is 3. The third kappa shape index (κ3) is 1.95. The minimum absolute atomic E-state index is 0.0754. The maximum Gasteiger partial charge on any atom is 0.243 e. The molecule has 98 valence electrons. The molecule has 0 aliphatic carbocycles. The van der Waals surface area contributed by atoms with Gasteiger partial charge in [0.05, 0.1) is 9.92 Å². The molecule has 3 nitrogen and oxygen atoms in total. The molecule has 0 aromatic heterocycles. The molecule has 1 aromatic rings. The van der Waals surface area contributed by atoms with Gasteiger partial charge in [0, 0.05) is 23.6 Å². The second-order valence-electron chi connectivity index (χ2n) is 4.50. The average molecular weight is 308 g/mol. The highest BCUT2D eigenvalue weighted by Gasteiger charge is 2.44. The molecule has 1 aromatic carbocycles. The number of rotatable bonds is 2. The van der Waals surface area contributed by atoms with E-state index >= 15 is 0 Å². The van der Waals surface area contributed by atoms with Crippen LogP contribution in [0.4, 0.5) is 4.39 Å². The highest BCUT2D eigenvalue weighted by atomic mass is 35.5. The minimum atomic E-state index is -3.54. The van der Waals surface area contributed by atoms with E-state index in [4.69, 9.17) is 11.6 Å². The summed E-state index contributed by atoms with van der Waals surface area (Å²) >= 11 is 7.46. The first-order valence-electron chi connectivity index (χ1n) is 5.57. The van der Waals surface area contributed by atoms with E-state index in [1.807, 2.05) is 11.8 Å². The summed E-state index contributed by atoms with van der Waals surface area (Å²) in [6.45, 7) is 0.548. The van der Waals surface area contributed by atoms with Crippen molar-refractivity contribution in [3.63, 3.8) is 0 Å². The van der Waals surface area contributed by atoms with E-state index in [1.54, 1.807) is 0 Å². The zero-order chi connectivity index (χ0) is 12.9. The molecule has 7 heteroatoms.